The van der Waals surface area contributed by atoms with E-state index in [2.05, 4.69) is 15.4 Å². The van der Waals surface area contributed by atoms with Crippen molar-refractivity contribution in [3.8, 4) is 11.4 Å². The van der Waals surface area contributed by atoms with Gasteiger partial charge in [-0.25, -0.2) is 4.98 Å². The fraction of sp³-hybridized carbons (Fsp3) is 0.190. The molecule has 9 heteroatoms. The number of imidazole rings is 1. The predicted octanol–water partition coefficient (Wildman–Crippen LogP) is 3.60. The molecule has 0 fully saturated rings. The third-order valence-corrected chi connectivity index (χ3v) is 5.03. The molecule has 1 N–H and O–H groups in total. The molecule has 0 atom stereocenters. The van der Waals surface area contributed by atoms with Gasteiger partial charge in [-0.1, -0.05) is 12.1 Å². The third-order valence-electron chi connectivity index (χ3n) is 5.03. The smallest absolute Gasteiger partial charge is 0.312 e. The lowest BCUT2D eigenvalue weighted by atomic mass is 10.2. The van der Waals surface area contributed by atoms with Crippen LogP contribution in [0.3, 0.4) is 0 Å². The van der Waals surface area contributed by atoms with Gasteiger partial charge in [0.2, 0.25) is 5.91 Å². The molecule has 30 heavy (non-hydrogen) atoms. The molecule has 4 aromatic rings. The van der Waals surface area contributed by atoms with E-state index in [0.717, 1.165) is 22.4 Å². The predicted molar refractivity (Wildman–Crippen MR) is 113 cm³/mol. The first-order valence-corrected chi connectivity index (χ1v) is 9.35. The number of nitrogens with zero attached hydrogens (tertiary/aromatic N) is 5. The molecular formula is C21H20N6O3. The molecule has 2 aromatic carbocycles. The summed E-state index contributed by atoms with van der Waals surface area (Å²) < 4.78 is 3.37. The maximum atomic E-state index is 12.4. The summed E-state index contributed by atoms with van der Waals surface area (Å²) in [4.78, 5) is 27.7. The average Bonchev–Trinajstić information content (AvgIpc) is 3.19. The fourth-order valence-electron chi connectivity index (χ4n) is 3.55. The summed E-state index contributed by atoms with van der Waals surface area (Å²) in [6.45, 7) is 3.03. The van der Waals surface area contributed by atoms with Crippen LogP contribution in [0.4, 0.5) is 11.4 Å². The largest absolute Gasteiger partial charge is 0.327 e. The highest BCUT2D eigenvalue weighted by molar-refractivity contribution is 5.91. The number of aryl methyl sites for hydroxylation is 2. The highest BCUT2D eigenvalue weighted by Gasteiger charge is 2.22. The average molecular weight is 404 g/mol. The van der Waals surface area contributed by atoms with Crippen LogP contribution in [0.25, 0.3) is 22.4 Å². The SMILES string of the molecule is Cc1nn(CC(=O)Nc2ccc(-c3nc4ccccc4n3C)cc2)c(C)c1[N+](=O)[O-]. The number of benzene rings is 2. The molecule has 0 unspecified atom stereocenters. The molecule has 0 saturated heterocycles. The Bertz CT molecular complexity index is 1270. The number of hydrogen-bond acceptors (Lipinski definition) is 5. The number of nitrogens with one attached hydrogen (secondary N) is 1. The quantitative estimate of drug-likeness (QED) is 0.404. The van der Waals surface area contributed by atoms with E-state index in [4.69, 9.17) is 0 Å². The Hall–Kier alpha value is -4.01. The molecule has 0 spiro atoms. The van der Waals surface area contributed by atoms with E-state index >= 15 is 0 Å². The van der Waals surface area contributed by atoms with Gasteiger partial charge in [-0.3, -0.25) is 19.6 Å². The van der Waals surface area contributed by atoms with Crippen LogP contribution in [0.1, 0.15) is 11.4 Å². The number of aromatic nitrogens is 4. The summed E-state index contributed by atoms with van der Waals surface area (Å²) in [6.07, 6.45) is 0. The monoisotopic (exact) mass is 404 g/mol. The van der Waals surface area contributed by atoms with Crippen LogP contribution in [-0.2, 0) is 18.4 Å². The summed E-state index contributed by atoms with van der Waals surface area (Å²) >= 11 is 0. The van der Waals surface area contributed by atoms with Gasteiger partial charge >= 0.3 is 5.69 Å². The van der Waals surface area contributed by atoms with Gasteiger partial charge in [0.05, 0.1) is 16.0 Å². The number of rotatable bonds is 5. The number of amides is 1. The van der Waals surface area contributed by atoms with Gasteiger partial charge in [0.1, 0.15) is 23.8 Å². The van der Waals surface area contributed by atoms with E-state index in [1.54, 1.807) is 26.0 Å². The van der Waals surface area contributed by atoms with Crippen LogP contribution in [0.15, 0.2) is 48.5 Å². The molecule has 2 heterocycles. The summed E-state index contributed by atoms with van der Waals surface area (Å²) in [7, 11) is 1.97. The van der Waals surface area contributed by atoms with Crippen LogP contribution in [0, 0.1) is 24.0 Å². The summed E-state index contributed by atoms with van der Waals surface area (Å²) in [5, 5.41) is 18.0. The van der Waals surface area contributed by atoms with Crippen LogP contribution in [-0.4, -0.2) is 30.2 Å². The molecule has 4 rings (SSSR count). The highest BCUT2D eigenvalue weighted by Crippen LogP contribution is 2.25. The second-order valence-electron chi connectivity index (χ2n) is 7.04. The van der Waals surface area contributed by atoms with Crippen molar-refractivity contribution in [1.82, 2.24) is 19.3 Å². The van der Waals surface area contributed by atoms with Crippen molar-refractivity contribution >= 4 is 28.3 Å². The van der Waals surface area contributed by atoms with Gasteiger partial charge in [-0.15, -0.1) is 0 Å². The number of anilines is 1. The summed E-state index contributed by atoms with van der Waals surface area (Å²) in [6, 6.07) is 15.3. The first kappa shape index (κ1) is 19.3. The second-order valence-corrected chi connectivity index (χ2v) is 7.04. The third kappa shape index (κ3) is 3.41. The molecule has 0 bridgehead atoms. The molecular weight excluding hydrogens is 384 g/mol. The number of hydrogen-bond donors (Lipinski definition) is 1. The number of carbonyl (C=O) groups is 1. The van der Waals surface area contributed by atoms with Crippen LogP contribution >= 0.6 is 0 Å². The Kier molecular flexibility index (Phi) is 4.78. The van der Waals surface area contributed by atoms with Gasteiger partial charge in [-0.2, -0.15) is 5.10 Å². The van der Waals surface area contributed by atoms with Gasteiger partial charge in [0.25, 0.3) is 0 Å². The van der Waals surface area contributed by atoms with Crippen molar-refractivity contribution in [2.75, 3.05) is 5.32 Å². The highest BCUT2D eigenvalue weighted by atomic mass is 16.6. The van der Waals surface area contributed by atoms with Gasteiger partial charge in [0.15, 0.2) is 0 Å². The van der Waals surface area contributed by atoms with E-state index in [9.17, 15) is 14.9 Å². The van der Waals surface area contributed by atoms with Gasteiger partial charge in [0, 0.05) is 18.3 Å². The first-order chi connectivity index (χ1) is 14.3. The zero-order valence-electron chi connectivity index (χ0n) is 16.8. The van der Waals surface area contributed by atoms with Crippen molar-refractivity contribution in [2.24, 2.45) is 7.05 Å². The molecule has 0 saturated carbocycles. The maximum Gasteiger partial charge on any atom is 0.312 e. The minimum absolute atomic E-state index is 0.0605. The molecule has 9 nitrogen and oxygen atoms in total. The van der Waals surface area contributed by atoms with Crippen LogP contribution in [0.5, 0.6) is 0 Å². The minimum Gasteiger partial charge on any atom is -0.327 e. The first-order valence-electron chi connectivity index (χ1n) is 9.35. The molecule has 0 aliphatic heterocycles. The Morgan fingerprint density at radius 1 is 1.13 bits per heavy atom. The molecule has 1 amide bonds. The number of carbonyl (C=O) groups excluding carboxylic acids is 1. The summed E-state index contributed by atoms with van der Waals surface area (Å²) in [5.41, 5.74) is 4.10. The Labute approximate surface area is 172 Å². The van der Waals surface area contributed by atoms with Crippen LogP contribution < -0.4 is 5.32 Å². The Balaban J connectivity index is 1.50. The van der Waals surface area contributed by atoms with Crippen molar-refractivity contribution < 1.29 is 9.72 Å². The lowest BCUT2D eigenvalue weighted by Gasteiger charge is -2.08. The van der Waals surface area contributed by atoms with Crippen LogP contribution in [0.2, 0.25) is 0 Å². The van der Waals surface area contributed by atoms with Crippen molar-refractivity contribution in [1.29, 1.82) is 0 Å². The lowest BCUT2D eigenvalue weighted by Crippen LogP contribution is -2.20. The van der Waals surface area contributed by atoms with E-state index in [1.807, 2.05) is 48.0 Å². The van der Waals surface area contributed by atoms with E-state index in [0.29, 0.717) is 11.4 Å². The van der Waals surface area contributed by atoms with E-state index in [-0.39, 0.29) is 23.8 Å². The van der Waals surface area contributed by atoms with Crippen molar-refractivity contribution in [3.63, 3.8) is 0 Å². The number of para-hydroxylation sites is 2. The molecule has 152 valence electrons. The van der Waals surface area contributed by atoms with Gasteiger partial charge in [-0.05, 0) is 50.2 Å². The lowest BCUT2D eigenvalue weighted by molar-refractivity contribution is -0.386. The Morgan fingerprint density at radius 3 is 2.47 bits per heavy atom. The van der Waals surface area contributed by atoms with E-state index < -0.39 is 4.92 Å². The molecule has 2 aromatic heterocycles. The topological polar surface area (TPSA) is 108 Å². The zero-order valence-corrected chi connectivity index (χ0v) is 16.8. The van der Waals surface area contributed by atoms with Crippen molar-refractivity contribution in [2.45, 2.75) is 20.4 Å². The number of fused-ring (bicyclic) bond motifs is 1. The number of nitro groups is 1. The minimum atomic E-state index is -0.480. The van der Waals surface area contributed by atoms with E-state index in [1.165, 1.54) is 4.68 Å². The molecule has 0 aliphatic carbocycles. The second kappa shape index (κ2) is 7.43. The molecule has 0 aliphatic rings. The fourth-order valence-corrected chi connectivity index (χ4v) is 3.55. The van der Waals surface area contributed by atoms with Crippen molar-refractivity contribution in [3.05, 3.63) is 70.0 Å². The normalized spacial score (nSPS) is 11.0. The zero-order chi connectivity index (χ0) is 21.4. The Morgan fingerprint density at radius 2 is 1.83 bits per heavy atom. The summed E-state index contributed by atoms with van der Waals surface area (Å²) in [5.74, 6) is 0.523. The maximum absolute atomic E-state index is 12.4. The van der Waals surface area contributed by atoms with Gasteiger partial charge < -0.3 is 9.88 Å². The molecule has 0 radical (unpaired) electrons. The standard InChI is InChI=1S/C21H20N6O3/c1-13-20(27(29)30)14(2)26(24-13)12-19(28)22-16-10-8-15(9-11-16)21-23-17-6-4-5-7-18(17)25(21)3/h4-11H,12H2,1-3H3,(H,22,28).